The third kappa shape index (κ3) is 1.95. The lowest BCUT2D eigenvalue weighted by Crippen LogP contribution is -2.44. The highest BCUT2D eigenvalue weighted by Gasteiger charge is 2.39. The van der Waals surface area contributed by atoms with Gasteiger partial charge in [-0.05, 0) is 43.6 Å². The van der Waals surface area contributed by atoms with E-state index < -0.39 is 0 Å². The summed E-state index contributed by atoms with van der Waals surface area (Å²) in [5.74, 6) is 0.769. The Morgan fingerprint density at radius 3 is 2.14 bits per heavy atom. The third-order valence-corrected chi connectivity index (χ3v) is 3.98. The van der Waals surface area contributed by atoms with Crippen LogP contribution in [0.4, 0.5) is 0 Å². The summed E-state index contributed by atoms with van der Waals surface area (Å²) in [5, 5.41) is 0. The highest BCUT2D eigenvalue weighted by atomic mass is 16.5. The summed E-state index contributed by atoms with van der Waals surface area (Å²) in [6, 6.07) is 0. The molecule has 0 aliphatic carbocycles. The first-order chi connectivity index (χ1) is 6.87. The molecule has 3 heteroatoms. The van der Waals surface area contributed by atoms with Gasteiger partial charge in [-0.3, -0.25) is 0 Å². The Hall–Kier alpha value is -0.120. The fraction of sp³-hybridized carbons (Fsp3) is 1.00. The van der Waals surface area contributed by atoms with Gasteiger partial charge in [0.25, 0.3) is 0 Å². The first-order valence-corrected chi connectivity index (χ1v) is 5.73. The van der Waals surface area contributed by atoms with Crippen LogP contribution < -0.4 is 5.73 Å². The minimum absolute atomic E-state index is 0.363. The summed E-state index contributed by atoms with van der Waals surface area (Å²) < 4.78 is 10.8. The average molecular weight is 199 g/mol. The minimum atomic E-state index is 0.363. The van der Waals surface area contributed by atoms with E-state index in [0.717, 1.165) is 51.7 Å². The number of hydrogen-bond acceptors (Lipinski definition) is 3. The molecule has 0 aromatic carbocycles. The second-order valence-electron chi connectivity index (χ2n) is 4.57. The van der Waals surface area contributed by atoms with Crippen LogP contribution in [0.1, 0.15) is 25.7 Å². The van der Waals surface area contributed by atoms with E-state index >= 15 is 0 Å². The topological polar surface area (TPSA) is 44.5 Å². The maximum Gasteiger partial charge on any atom is 0.0471 e. The quantitative estimate of drug-likeness (QED) is 0.726. The van der Waals surface area contributed by atoms with Crippen LogP contribution in [0.2, 0.25) is 0 Å². The summed E-state index contributed by atoms with van der Waals surface area (Å²) >= 11 is 0. The lowest BCUT2D eigenvalue weighted by atomic mass is 9.67. The van der Waals surface area contributed by atoms with Crippen molar-refractivity contribution >= 4 is 0 Å². The molecule has 0 radical (unpaired) electrons. The Bertz CT molecular complexity index is 172. The smallest absolute Gasteiger partial charge is 0.0471 e. The molecule has 3 nitrogen and oxygen atoms in total. The maximum absolute atomic E-state index is 5.97. The fourth-order valence-corrected chi connectivity index (χ4v) is 2.87. The summed E-state index contributed by atoms with van der Waals surface area (Å²) in [4.78, 5) is 0. The van der Waals surface area contributed by atoms with Crippen molar-refractivity contribution < 1.29 is 9.47 Å². The molecule has 0 atom stereocenters. The van der Waals surface area contributed by atoms with Gasteiger partial charge in [-0.15, -0.1) is 0 Å². The van der Waals surface area contributed by atoms with Crippen molar-refractivity contribution in [1.82, 2.24) is 0 Å². The molecule has 2 fully saturated rings. The molecule has 0 amide bonds. The van der Waals surface area contributed by atoms with Crippen LogP contribution in [0, 0.1) is 11.3 Å². The molecular formula is C11H21NO2. The normalized spacial score (nSPS) is 28.9. The SMILES string of the molecule is NCC1(C2CCOCC2)CCOCC1. The Kier molecular flexibility index (Phi) is 3.42. The maximum atomic E-state index is 5.97. The van der Waals surface area contributed by atoms with Crippen LogP contribution in [0.3, 0.4) is 0 Å². The van der Waals surface area contributed by atoms with Crippen molar-refractivity contribution in [2.24, 2.45) is 17.1 Å². The monoisotopic (exact) mass is 199 g/mol. The summed E-state index contributed by atoms with van der Waals surface area (Å²) in [6.07, 6.45) is 4.68. The van der Waals surface area contributed by atoms with Crippen LogP contribution in [-0.2, 0) is 9.47 Å². The molecular weight excluding hydrogens is 178 g/mol. The lowest BCUT2D eigenvalue weighted by molar-refractivity contribution is -0.0504. The number of hydrogen-bond donors (Lipinski definition) is 1. The van der Waals surface area contributed by atoms with Crippen LogP contribution in [-0.4, -0.2) is 33.0 Å². The van der Waals surface area contributed by atoms with E-state index in [1.54, 1.807) is 0 Å². The van der Waals surface area contributed by atoms with Crippen LogP contribution in [0.5, 0.6) is 0 Å². The highest BCUT2D eigenvalue weighted by Crippen LogP contribution is 2.42. The Labute approximate surface area is 85.9 Å². The number of ether oxygens (including phenoxy) is 2. The van der Waals surface area contributed by atoms with E-state index in [-0.39, 0.29) is 0 Å². The van der Waals surface area contributed by atoms with E-state index in [1.165, 1.54) is 12.8 Å². The third-order valence-electron chi connectivity index (χ3n) is 3.98. The molecule has 2 aliphatic rings. The number of rotatable bonds is 2. The van der Waals surface area contributed by atoms with Gasteiger partial charge in [0, 0.05) is 26.4 Å². The van der Waals surface area contributed by atoms with E-state index in [1.807, 2.05) is 0 Å². The largest absolute Gasteiger partial charge is 0.381 e. The van der Waals surface area contributed by atoms with Gasteiger partial charge in [0.1, 0.15) is 0 Å². The average Bonchev–Trinajstić information content (AvgIpc) is 2.31. The predicted molar refractivity (Wildman–Crippen MR) is 55.1 cm³/mol. The van der Waals surface area contributed by atoms with Crippen molar-refractivity contribution in [1.29, 1.82) is 0 Å². The predicted octanol–water partition coefficient (Wildman–Crippen LogP) is 1.17. The molecule has 82 valence electrons. The molecule has 0 saturated carbocycles. The Morgan fingerprint density at radius 1 is 1.00 bits per heavy atom. The van der Waals surface area contributed by atoms with E-state index in [0.29, 0.717) is 5.41 Å². The molecule has 14 heavy (non-hydrogen) atoms. The highest BCUT2D eigenvalue weighted by molar-refractivity contribution is 4.90. The van der Waals surface area contributed by atoms with Crippen molar-refractivity contribution in [3.8, 4) is 0 Å². The van der Waals surface area contributed by atoms with Crippen molar-refractivity contribution in [2.75, 3.05) is 33.0 Å². The molecule has 0 aromatic heterocycles. The molecule has 0 spiro atoms. The molecule has 2 saturated heterocycles. The Balaban J connectivity index is 2.01. The van der Waals surface area contributed by atoms with E-state index in [9.17, 15) is 0 Å². The van der Waals surface area contributed by atoms with E-state index in [4.69, 9.17) is 15.2 Å². The summed E-state index contributed by atoms with van der Waals surface area (Å²) in [6.45, 7) is 4.46. The second kappa shape index (κ2) is 4.60. The summed E-state index contributed by atoms with van der Waals surface area (Å²) in [7, 11) is 0. The first-order valence-electron chi connectivity index (χ1n) is 5.73. The van der Waals surface area contributed by atoms with Gasteiger partial charge in [-0.25, -0.2) is 0 Å². The van der Waals surface area contributed by atoms with Gasteiger partial charge in [0.2, 0.25) is 0 Å². The van der Waals surface area contributed by atoms with Crippen LogP contribution in [0.15, 0.2) is 0 Å². The zero-order valence-corrected chi connectivity index (χ0v) is 8.84. The van der Waals surface area contributed by atoms with Crippen molar-refractivity contribution in [2.45, 2.75) is 25.7 Å². The van der Waals surface area contributed by atoms with Gasteiger partial charge in [0.05, 0.1) is 0 Å². The fourth-order valence-electron chi connectivity index (χ4n) is 2.87. The van der Waals surface area contributed by atoms with Gasteiger partial charge < -0.3 is 15.2 Å². The van der Waals surface area contributed by atoms with Crippen LogP contribution in [0.25, 0.3) is 0 Å². The molecule has 2 heterocycles. The van der Waals surface area contributed by atoms with Gasteiger partial charge in [-0.2, -0.15) is 0 Å². The van der Waals surface area contributed by atoms with Crippen molar-refractivity contribution in [3.63, 3.8) is 0 Å². The Morgan fingerprint density at radius 2 is 1.57 bits per heavy atom. The first kappa shape index (κ1) is 10.4. The molecule has 2 rings (SSSR count). The van der Waals surface area contributed by atoms with E-state index in [2.05, 4.69) is 0 Å². The second-order valence-corrected chi connectivity index (χ2v) is 4.57. The standard InChI is InChI=1S/C11H21NO2/c12-9-11(3-7-14-8-4-11)10-1-5-13-6-2-10/h10H,1-9,12H2. The number of nitrogens with two attached hydrogens (primary N) is 1. The summed E-state index contributed by atoms with van der Waals surface area (Å²) in [5.41, 5.74) is 6.34. The van der Waals surface area contributed by atoms with Gasteiger partial charge in [-0.1, -0.05) is 0 Å². The zero-order chi connectivity index (χ0) is 9.86. The van der Waals surface area contributed by atoms with Gasteiger partial charge in [0.15, 0.2) is 0 Å². The molecule has 0 bridgehead atoms. The lowest BCUT2D eigenvalue weighted by Gasteiger charge is -2.44. The molecule has 0 aromatic rings. The van der Waals surface area contributed by atoms with Gasteiger partial charge >= 0.3 is 0 Å². The molecule has 0 unspecified atom stereocenters. The van der Waals surface area contributed by atoms with Crippen LogP contribution >= 0.6 is 0 Å². The van der Waals surface area contributed by atoms with Crippen molar-refractivity contribution in [3.05, 3.63) is 0 Å². The minimum Gasteiger partial charge on any atom is -0.381 e. The zero-order valence-electron chi connectivity index (χ0n) is 8.84. The molecule has 2 aliphatic heterocycles. The molecule has 2 N–H and O–H groups in total.